The first-order valence-corrected chi connectivity index (χ1v) is 6.14. The number of rotatable bonds is 7. The van der Waals surface area contributed by atoms with Crippen LogP contribution in [0, 0.1) is 16.0 Å². The molecule has 0 heterocycles. The Morgan fingerprint density at radius 3 is 2.60 bits per heavy atom. The minimum Gasteiger partial charge on any atom is -0.477 e. The number of nitrogens with one attached hydrogen (secondary N) is 1. The van der Waals surface area contributed by atoms with E-state index in [-0.39, 0.29) is 23.2 Å². The van der Waals surface area contributed by atoms with Gasteiger partial charge in [-0.3, -0.25) is 10.1 Å². The van der Waals surface area contributed by atoms with Crippen LogP contribution < -0.4 is 5.32 Å². The summed E-state index contributed by atoms with van der Waals surface area (Å²) in [6, 6.07) is 4.04. The molecule has 0 spiro atoms. The van der Waals surface area contributed by atoms with Crippen molar-refractivity contribution in [3.63, 3.8) is 0 Å². The number of nitro benzene ring substituents is 1. The number of anilines is 1. The van der Waals surface area contributed by atoms with Crippen molar-refractivity contribution in [2.75, 3.05) is 19.0 Å². The number of carboxylic acids is 1. The number of methoxy groups -OCH3 is 1. The summed E-state index contributed by atoms with van der Waals surface area (Å²) in [5.41, 5.74) is -0.577. The first-order valence-electron chi connectivity index (χ1n) is 6.14. The first kappa shape index (κ1) is 15.9. The Balaban J connectivity index is 3.20. The van der Waals surface area contributed by atoms with Crippen molar-refractivity contribution >= 4 is 17.3 Å². The van der Waals surface area contributed by atoms with E-state index in [1.54, 1.807) is 7.11 Å². The number of hydrogen-bond acceptors (Lipinski definition) is 5. The first-order chi connectivity index (χ1) is 9.38. The van der Waals surface area contributed by atoms with Crippen LogP contribution in [0.2, 0.25) is 0 Å². The van der Waals surface area contributed by atoms with Gasteiger partial charge in [-0.25, -0.2) is 4.79 Å². The molecular formula is C13H18N2O5. The van der Waals surface area contributed by atoms with E-state index in [1.165, 1.54) is 18.2 Å². The third-order valence-corrected chi connectivity index (χ3v) is 2.94. The summed E-state index contributed by atoms with van der Waals surface area (Å²) >= 11 is 0. The smallest absolute Gasteiger partial charge is 0.342 e. The van der Waals surface area contributed by atoms with Crippen LogP contribution in [-0.4, -0.2) is 35.8 Å². The largest absolute Gasteiger partial charge is 0.477 e. The van der Waals surface area contributed by atoms with Gasteiger partial charge in [0.15, 0.2) is 0 Å². The van der Waals surface area contributed by atoms with Gasteiger partial charge in [-0.2, -0.15) is 0 Å². The molecule has 1 aromatic carbocycles. The lowest BCUT2D eigenvalue weighted by Gasteiger charge is -2.22. The standard InChI is InChI=1S/C13H18N2O5/c1-8(2)11(7-20-3)14-10-6-4-5-9(13(16)17)12(10)15(18)19/h4-6,8,11,14H,7H2,1-3H3,(H,16,17). The maximum Gasteiger partial charge on any atom is 0.342 e. The Morgan fingerprint density at radius 2 is 2.15 bits per heavy atom. The average molecular weight is 282 g/mol. The normalized spacial score (nSPS) is 12.2. The number of nitrogens with zero attached hydrogens (tertiary/aromatic N) is 1. The fraction of sp³-hybridized carbons (Fsp3) is 0.462. The van der Waals surface area contributed by atoms with E-state index in [0.717, 1.165) is 0 Å². The van der Waals surface area contributed by atoms with E-state index in [2.05, 4.69) is 5.32 Å². The van der Waals surface area contributed by atoms with Gasteiger partial charge in [0.2, 0.25) is 0 Å². The number of ether oxygens (including phenoxy) is 1. The molecule has 0 aliphatic rings. The number of hydrogen-bond donors (Lipinski definition) is 2. The molecule has 7 nitrogen and oxygen atoms in total. The molecule has 1 aromatic rings. The zero-order chi connectivity index (χ0) is 15.3. The molecule has 0 aliphatic carbocycles. The van der Waals surface area contributed by atoms with Crippen molar-refractivity contribution in [3.05, 3.63) is 33.9 Å². The lowest BCUT2D eigenvalue weighted by atomic mass is 10.0. The van der Waals surface area contributed by atoms with Crippen molar-refractivity contribution in [1.29, 1.82) is 0 Å². The van der Waals surface area contributed by atoms with Crippen molar-refractivity contribution in [2.24, 2.45) is 5.92 Å². The van der Waals surface area contributed by atoms with Gasteiger partial charge in [0.05, 0.1) is 17.6 Å². The molecule has 110 valence electrons. The number of aromatic carboxylic acids is 1. The highest BCUT2D eigenvalue weighted by Gasteiger charge is 2.26. The monoisotopic (exact) mass is 282 g/mol. The fourth-order valence-electron chi connectivity index (χ4n) is 1.81. The van der Waals surface area contributed by atoms with Gasteiger partial charge in [0.25, 0.3) is 0 Å². The van der Waals surface area contributed by atoms with E-state index >= 15 is 0 Å². The fourth-order valence-corrected chi connectivity index (χ4v) is 1.81. The SMILES string of the molecule is COCC(Nc1cccc(C(=O)O)c1[N+](=O)[O-])C(C)C. The highest BCUT2D eigenvalue weighted by molar-refractivity contribution is 5.95. The van der Waals surface area contributed by atoms with E-state index in [4.69, 9.17) is 9.84 Å². The molecule has 1 atom stereocenters. The van der Waals surface area contributed by atoms with Gasteiger partial charge in [0.1, 0.15) is 11.3 Å². The van der Waals surface area contributed by atoms with Crippen LogP contribution in [0.4, 0.5) is 11.4 Å². The molecule has 1 unspecified atom stereocenters. The summed E-state index contributed by atoms with van der Waals surface area (Å²) in [5, 5.41) is 23.2. The molecule has 0 radical (unpaired) electrons. The summed E-state index contributed by atoms with van der Waals surface area (Å²) in [6.07, 6.45) is 0. The van der Waals surface area contributed by atoms with Crippen LogP contribution in [0.25, 0.3) is 0 Å². The summed E-state index contributed by atoms with van der Waals surface area (Å²) in [7, 11) is 1.54. The Kier molecular flexibility index (Phi) is 5.45. The molecule has 0 bridgehead atoms. The quantitative estimate of drug-likeness (QED) is 0.588. The lowest BCUT2D eigenvalue weighted by molar-refractivity contribution is -0.384. The Labute approximate surface area is 116 Å². The van der Waals surface area contributed by atoms with Gasteiger partial charge in [-0.05, 0) is 18.1 Å². The highest BCUT2D eigenvalue weighted by Crippen LogP contribution is 2.30. The van der Waals surface area contributed by atoms with Crippen LogP contribution in [0.15, 0.2) is 18.2 Å². The summed E-state index contributed by atoms with van der Waals surface area (Å²) in [6.45, 7) is 4.26. The van der Waals surface area contributed by atoms with Gasteiger partial charge in [-0.15, -0.1) is 0 Å². The second-order valence-corrected chi connectivity index (χ2v) is 4.71. The molecule has 0 aliphatic heterocycles. The Bertz CT molecular complexity index is 502. The van der Waals surface area contributed by atoms with E-state index in [1.807, 2.05) is 13.8 Å². The van der Waals surface area contributed by atoms with Crippen LogP contribution in [0.3, 0.4) is 0 Å². The molecule has 7 heteroatoms. The minimum atomic E-state index is -1.33. The van der Waals surface area contributed by atoms with Gasteiger partial charge in [-0.1, -0.05) is 19.9 Å². The minimum absolute atomic E-state index is 0.150. The highest BCUT2D eigenvalue weighted by atomic mass is 16.6. The van der Waals surface area contributed by atoms with E-state index in [9.17, 15) is 14.9 Å². The maximum atomic E-state index is 11.1. The molecule has 1 rings (SSSR count). The average Bonchev–Trinajstić information content (AvgIpc) is 2.37. The maximum absolute atomic E-state index is 11.1. The van der Waals surface area contributed by atoms with Crippen LogP contribution in [-0.2, 0) is 4.74 Å². The summed E-state index contributed by atoms with van der Waals surface area (Å²) < 4.78 is 5.07. The number of carbonyl (C=O) groups is 1. The lowest BCUT2D eigenvalue weighted by Crippen LogP contribution is -2.30. The molecule has 0 saturated carbocycles. The van der Waals surface area contributed by atoms with Crippen LogP contribution >= 0.6 is 0 Å². The third-order valence-electron chi connectivity index (χ3n) is 2.94. The molecule has 0 saturated heterocycles. The number of benzene rings is 1. The van der Waals surface area contributed by atoms with E-state index < -0.39 is 16.6 Å². The zero-order valence-electron chi connectivity index (χ0n) is 11.6. The van der Waals surface area contributed by atoms with Crippen LogP contribution in [0.5, 0.6) is 0 Å². The summed E-state index contributed by atoms with van der Waals surface area (Å²) in [4.78, 5) is 21.5. The van der Waals surface area contributed by atoms with Gasteiger partial charge >= 0.3 is 11.7 Å². The molecule has 0 fully saturated rings. The Hall–Kier alpha value is -2.15. The third kappa shape index (κ3) is 3.67. The van der Waals surface area contributed by atoms with Crippen LogP contribution in [0.1, 0.15) is 24.2 Å². The summed E-state index contributed by atoms with van der Waals surface area (Å²) in [5.74, 6) is -1.16. The van der Waals surface area contributed by atoms with Crippen molar-refractivity contribution in [2.45, 2.75) is 19.9 Å². The molecule has 20 heavy (non-hydrogen) atoms. The topological polar surface area (TPSA) is 102 Å². The molecule has 0 amide bonds. The second kappa shape index (κ2) is 6.85. The number of carboxylic acid groups (broad SMARTS) is 1. The van der Waals surface area contributed by atoms with Crippen molar-refractivity contribution in [1.82, 2.24) is 0 Å². The zero-order valence-corrected chi connectivity index (χ0v) is 11.6. The molecular weight excluding hydrogens is 264 g/mol. The van der Waals surface area contributed by atoms with Crippen molar-refractivity contribution < 1.29 is 19.6 Å². The predicted molar refractivity (Wildman–Crippen MR) is 74.2 cm³/mol. The van der Waals surface area contributed by atoms with Crippen molar-refractivity contribution in [3.8, 4) is 0 Å². The molecule has 0 aromatic heterocycles. The Morgan fingerprint density at radius 1 is 1.50 bits per heavy atom. The number of para-hydroxylation sites is 1. The number of nitro groups is 1. The van der Waals surface area contributed by atoms with Gasteiger partial charge in [0, 0.05) is 7.11 Å². The molecule has 2 N–H and O–H groups in total. The van der Waals surface area contributed by atoms with E-state index in [0.29, 0.717) is 6.61 Å². The predicted octanol–water partition coefficient (Wildman–Crippen LogP) is 2.38. The van der Waals surface area contributed by atoms with Gasteiger partial charge < -0.3 is 15.2 Å². The second-order valence-electron chi connectivity index (χ2n) is 4.71.